The van der Waals surface area contributed by atoms with Gasteiger partial charge in [-0.2, -0.15) is 0 Å². The number of methoxy groups -OCH3 is 1. The Labute approximate surface area is 128 Å². The van der Waals surface area contributed by atoms with E-state index in [1.807, 2.05) is 18.2 Å². The van der Waals surface area contributed by atoms with Crippen molar-refractivity contribution in [1.29, 1.82) is 0 Å². The highest BCUT2D eigenvalue weighted by Gasteiger charge is 2.39. The van der Waals surface area contributed by atoms with Gasteiger partial charge in [0.05, 0.1) is 21.1 Å². The van der Waals surface area contributed by atoms with Gasteiger partial charge in [-0.05, 0) is 18.9 Å². The Balaban J connectivity index is 3.00. The van der Waals surface area contributed by atoms with E-state index in [0.29, 0.717) is 12.8 Å². The molecule has 0 N–H and O–H groups in total. The van der Waals surface area contributed by atoms with E-state index in [1.165, 1.54) is 12.3 Å². The van der Waals surface area contributed by atoms with Gasteiger partial charge in [-0.25, -0.2) is 0 Å². The molecule has 0 aliphatic rings. The van der Waals surface area contributed by atoms with E-state index in [9.17, 15) is 9.59 Å². The highest BCUT2D eigenvalue weighted by molar-refractivity contribution is 6.91. The molecule has 0 bridgehead atoms. The van der Waals surface area contributed by atoms with Gasteiger partial charge in [0.15, 0.2) is 0 Å². The summed E-state index contributed by atoms with van der Waals surface area (Å²) >= 11 is 0. The summed E-state index contributed by atoms with van der Waals surface area (Å²) < 4.78 is 4.97. The van der Waals surface area contributed by atoms with Crippen molar-refractivity contribution in [2.24, 2.45) is 5.92 Å². The third-order valence-corrected chi connectivity index (χ3v) is 9.07. The van der Waals surface area contributed by atoms with Crippen molar-refractivity contribution in [3.8, 4) is 0 Å². The van der Waals surface area contributed by atoms with Crippen molar-refractivity contribution in [3.63, 3.8) is 0 Å². The Kier molecular flexibility index (Phi) is 6.34. The molecule has 0 saturated heterocycles. The second-order valence-electron chi connectivity index (χ2n) is 6.25. The summed E-state index contributed by atoms with van der Waals surface area (Å²) in [4.78, 5) is 23.4. The maximum Gasteiger partial charge on any atom is 0.308 e. The molecule has 0 heterocycles. The van der Waals surface area contributed by atoms with Crippen LogP contribution in [0, 0.1) is 5.92 Å². The Hall–Kier alpha value is -1.42. The van der Waals surface area contributed by atoms with Gasteiger partial charge in [0.1, 0.15) is 5.78 Å². The van der Waals surface area contributed by atoms with Crippen molar-refractivity contribution >= 4 is 25.0 Å². The lowest BCUT2D eigenvalue weighted by molar-refractivity contribution is -0.145. The van der Waals surface area contributed by atoms with Gasteiger partial charge in [-0.1, -0.05) is 55.5 Å². The fraction of sp³-hybridized carbons (Fsp3) is 0.529. The number of ketones is 1. The molecular weight excluding hydrogens is 280 g/mol. The van der Waals surface area contributed by atoms with Gasteiger partial charge in [0.25, 0.3) is 0 Å². The monoisotopic (exact) mass is 306 g/mol. The van der Waals surface area contributed by atoms with E-state index in [4.69, 9.17) is 4.74 Å². The lowest BCUT2D eigenvalue weighted by Gasteiger charge is -2.35. The highest BCUT2D eigenvalue weighted by Crippen LogP contribution is 2.33. The molecule has 0 fully saturated rings. The third kappa shape index (κ3) is 4.53. The van der Waals surface area contributed by atoms with Crippen LogP contribution in [0.4, 0.5) is 0 Å². The molecule has 0 unspecified atom stereocenters. The van der Waals surface area contributed by atoms with Crippen LogP contribution < -0.4 is 5.19 Å². The Bertz CT molecular complexity index is 482. The Morgan fingerprint density at radius 2 is 1.76 bits per heavy atom. The number of hydrogen-bond acceptors (Lipinski definition) is 3. The summed E-state index contributed by atoms with van der Waals surface area (Å²) in [6.45, 7) is 8.24. The lowest BCUT2D eigenvalue weighted by atomic mass is 9.98. The summed E-state index contributed by atoms with van der Waals surface area (Å²) in [6, 6.07) is 10.4. The number of hydrogen-bond donors (Lipinski definition) is 0. The maximum atomic E-state index is 12.1. The number of esters is 1. The van der Waals surface area contributed by atoms with Crippen molar-refractivity contribution in [2.45, 2.75) is 45.3 Å². The minimum absolute atomic E-state index is 0.121. The molecule has 1 rings (SSSR count). The Morgan fingerprint density at radius 3 is 2.24 bits per heavy atom. The van der Waals surface area contributed by atoms with E-state index < -0.39 is 8.07 Å². The summed E-state index contributed by atoms with van der Waals surface area (Å²) in [6.07, 6.45) is 1.01. The van der Waals surface area contributed by atoms with Crippen molar-refractivity contribution in [1.82, 2.24) is 0 Å². The van der Waals surface area contributed by atoms with Crippen LogP contribution in [-0.2, 0) is 14.3 Å². The van der Waals surface area contributed by atoms with Gasteiger partial charge in [-0.15, -0.1) is 0 Å². The van der Waals surface area contributed by atoms with Crippen LogP contribution in [0.3, 0.4) is 0 Å². The van der Waals surface area contributed by atoms with E-state index in [-0.39, 0.29) is 23.2 Å². The lowest BCUT2D eigenvalue weighted by Crippen LogP contribution is -2.48. The molecule has 0 amide bonds. The summed E-state index contributed by atoms with van der Waals surface area (Å²) in [7, 11) is -0.386. The molecule has 0 aromatic heterocycles. The first-order valence-corrected chi connectivity index (χ1v) is 10.5. The normalized spacial score (nSPS) is 14.3. The van der Waals surface area contributed by atoms with Crippen LogP contribution in [0.5, 0.6) is 0 Å². The molecule has 0 spiro atoms. The number of benzene rings is 1. The van der Waals surface area contributed by atoms with Crippen molar-refractivity contribution < 1.29 is 14.3 Å². The molecular formula is C17H26O3Si. The quantitative estimate of drug-likeness (QED) is 0.574. The molecule has 0 radical (unpaired) electrons. The van der Waals surface area contributed by atoms with E-state index in [1.54, 1.807) is 6.92 Å². The molecule has 4 heteroatoms. The average Bonchev–Trinajstić information content (AvgIpc) is 2.47. The van der Waals surface area contributed by atoms with Crippen LogP contribution in [0.1, 0.15) is 26.7 Å². The summed E-state index contributed by atoms with van der Waals surface area (Å²) in [5, 5.41) is 1.33. The molecule has 1 aromatic carbocycles. The van der Waals surface area contributed by atoms with Crippen LogP contribution >= 0.6 is 0 Å². The predicted octanol–water partition coefficient (Wildman–Crippen LogP) is 3.15. The SMILES string of the molecule is COC(=O)[C@H](CCC(C)=O)[C@H](C)[Si](C)(C)c1ccccc1. The minimum atomic E-state index is -1.81. The molecule has 2 atom stereocenters. The predicted molar refractivity (Wildman–Crippen MR) is 88.4 cm³/mol. The first-order chi connectivity index (χ1) is 9.80. The number of Topliss-reactive ketones (excluding diaryl/α,β-unsaturated/α-hetero) is 1. The first-order valence-electron chi connectivity index (χ1n) is 7.43. The van der Waals surface area contributed by atoms with Gasteiger partial charge in [-0.3, -0.25) is 4.79 Å². The van der Waals surface area contributed by atoms with Crippen LogP contribution in [0.15, 0.2) is 30.3 Å². The summed E-state index contributed by atoms with van der Waals surface area (Å²) in [5.41, 5.74) is 0.215. The zero-order valence-corrected chi connectivity index (χ0v) is 14.7. The zero-order chi connectivity index (χ0) is 16.0. The molecule has 21 heavy (non-hydrogen) atoms. The number of ether oxygens (including phenoxy) is 1. The van der Waals surface area contributed by atoms with Crippen LogP contribution in [0.25, 0.3) is 0 Å². The van der Waals surface area contributed by atoms with E-state index in [0.717, 1.165) is 0 Å². The molecule has 0 saturated carbocycles. The third-order valence-electron chi connectivity index (χ3n) is 4.57. The van der Waals surface area contributed by atoms with Gasteiger partial charge in [0, 0.05) is 6.42 Å². The maximum absolute atomic E-state index is 12.1. The van der Waals surface area contributed by atoms with Crippen molar-refractivity contribution in [2.75, 3.05) is 7.11 Å². The molecule has 0 aliphatic heterocycles. The largest absolute Gasteiger partial charge is 0.469 e. The molecule has 0 aliphatic carbocycles. The van der Waals surface area contributed by atoms with Crippen LogP contribution in [0.2, 0.25) is 18.6 Å². The first kappa shape index (κ1) is 17.6. The molecule has 1 aromatic rings. The van der Waals surface area contributed by atoms with E-state index >= 15 is 0 Å². The average molecular weight is 306 g/mol. The zero-order valence-electron chi connectivity index (χ0n) is 13.7. The minimum Gasteiger partial charge on any atom is -0.469 e. The fourth-order valence-electron chi connectivity index (χ4n) is 2.72. The number of carbonyl (C=O) groups excluding carboxylic acids is 2. The van der Waals surface area contributed by atoms with Gasteiger partial charge in [0.2, 0.25) is 0 Å². The summed E-state index contributed by atoms with van der Waals surface area (Å²) in [5.74, 6) is -0.281. The fourth-order valence-corrected chi connectivity index (χ4v) is 5.60. The standard InChI is InChI=1S/C17H26O3Si/c1-13(18)11-12-16(17(19)20-3)14(2)21(4,5)15-9-7-6-8-10-15/h6-10,14,16H,11-12H2,1-5H3/t14-,16+/m0/s1. The Morgan fingerprint density at radius 1 is 1.19 bits per heavy atom. The number of rotatable bonds is 7. The molecule has 116 valence electrons. The van der Waals surface area contributed by atoms with Crippen molar-refractivity contribution in [3.05, 3.63) is 30.3 Å². The highest BCUT2D eigenvalue weighted by atomic mass is 28.3. The second kappa shape index (κ2) is 7.55. The smallest absolute Gasteiger partial charge is 0.308 e. The van der Waals surface area contributed by atoms with E-state index in [2.05, 4.69) is 32.2 Å². The van der Waals surface area contributed by atoms with Gasteiger partial charge >= 0.3 is 5.97 Å². The molecule has 3 nitrogen and oxygen atoms in total. The van der Waals surface area contributed by atoms with Gasteiger partial charge < -0.3 is 9.53 Å². The second-order valence-corrected chi connectivity index (χ2v) is 11.2. The number of carbonyl (C=O) groups is 2. The topological polar surface area (TPSA) is 43.4 Å². The van der Waals surface area contributed by atoms with Crippen LogP contribution in [-0.4, -0.2) is 26.9 Å².